The van der Waals surface area contributed by atoms with E-state index in [-0.39, 0.29) is 30.0 Å². The number of hydrogen-bond donors (Lipinski definition) is 1. The lowest BCUT2D eigenvalue weighted by Crippen LogP contribution is -2.48. The van der Waals surface area contributed by atoms with Crippen LogP contribution in [0.5, 0.6) is 5.75 Å². The highest BCUT2D eigenvalue weighted by Gasteiger charge is 2.67. The Labute approximate surface area is 285 Å². The summed E-state index contributed by atoms with van der Waals surface area (Å²) in [5.74, 6) is -6.25. The second-order valence-corrected chi connectivity index (χ2v) is 13.8. The average Bonchev–Trinajstić information content (AvgIpc) is 3.45. The summed E-state index contributed by atoms with van der Waals surface area (Å²) >= 11 is 0. The molecular weight excluding hydrogens is 646 g/mol. The number of rotatable bonds is 6. The minimum atomic E-state index is -1.28. The van der Waals surface area contributed by atoms with Crippen molar-refractivity contribution in [3.8, 4) is 5.75 Å². The van der Waals surface area contributed by atoms with Crippen molar-refractivity contribution in [2.75, 3.05) is 28.8 Å². The third-order valence-corrected chi connectivity index (χ3v) is 11.0. The van der Waals surface area contributed by atoms with Crippen molar-refractivity contribution in [2.24, 2.45) is 29.1 Å². The van der Waals surface area contributed by atoms with Crippen LogP contribution in [0.3, 0.4) is 0 Å². The second kappa shape index (κ2) is 11.3. The maximum absolute atomic E-state index is 14.5. The first-order valence-electron chi connectivity index (χ1n) is 16.1. The Kier molecular flexibility index (Phi) is 7.39. The van der Waals surface area contributed by atoms with Gasteiger partial charge in [0.25, 0.3) is 0 Å². The van der Waals surface area contributed by atoms with Crippen LogP contribution in [0.25, 0.3) is 0 Å². The Balaban J connectivity index is 1.36. The van der Waals surface area contributed by atoms with E-state index in [1.54, 1.807) is 56.3 Å². The van der Waals surface area contributed by atoms with Gasteiger partial charge >= 0.3 is 11.4 Å². The van der Waals surface area contributed by atoms with Crippen LogP contribution in [0.2, 0.25) is 0 Å². The van der Waals surface area contributed by atoms with Crippen molar-refractivity contribution in [2.45, 2.75) is 32.6 Å². The van der Waals surface area contributed by atoms with Crippen LogP contribution in [-0.2, 0) is 19.2 Å². The molecule has 0 radical (unpaired) electrons. The lowest BCUT2D eigenvalue weighted by molar-refractivity contribution is -0.392. The molecule has 0 aromatic heterocycles. The van der Waals surface area contributed by atoms with E-state index < -0.39 is 79.9 Å². The molecule has 2 aliphatic carbocycles. The Morgan fingerprint density at radius 1 is 0.840 bits per heavy atom. The summed E-state index contributed by atoms with van der Waals surface area (Å²) in [5.41, 5.74) is -0.772. The van der Waals surface area contributed by atoms with Gasteiger partial charge in [-0.1, -0.05) is 42.0 Å². The van der Waals surface area contributed by atoms with Crippen molar-refractivity contribution in [1.82, 2.24) is 0 Å². The molecule has 4 amide bonds. The third kappa shape index (κ3) is 4.47. The van der Waals surface area contributed by atoms with Gasteiger partial charge in [-0.2, -0.15) is 0 Å². The van der Waals surface area contributed by atoms with E-state index in [2.05, 4.69) is 0 Å². The molecule has 1 saturated carbocycles. The van der Waals surface area contributed by atoms with Crippen LogP contribution in [0.4, 0.5) is 28.4 Å². The van der Waals surface area contributed by atoms with Gasteiger partial charge in [0.15, 0.2) is 5.69 Å². The highest BCUT2D eigenvalue weighted by Crippen LogP contribution is 2.64. The molecule has 256 valence electrons. The molecule has 0 unspecified atom stereocenters. The molecule has 14 heteroatoms. The van der Waals surface area contributed by atoms with Crippen LogP contribution in [0, 0.1) is 56.2 Å². The van der Waals surface area contributed by atoms with Crippen molar-refractivity contribution in [3.05, 3.63) is 104 Å². The molecule has 14 nitrogen and oxygen atoms in total. The van der Waals surface area contributed by atoms with Crippen molar-refractivity contribution < 1.29 is 34.1 Å². The molecule has 2 saturated heterocycles. The number of hydrogen-bond acceptors (Lipinski definition) is 10. The highest BCUT2D eigenvalue weighted by atomic mass is 16.6. The van der Waals surface area contributed by atoms with Gasteiger partial charge in [0.2, 0.25) is 23.6 Å². The van der Waals surface area contributed by atoms with Crippen LogP contribution in [0.15, 0.2) is 72.3 Å². The van der Waals surface area contributed by atoms with Crippen molar-refractivity contribution >= 4 is 52.1 Å². The zero-order chi connectivity index (χ0) is 36.0. The number of phenols is 1. The number of aryl methyl sites for hydroxylation is 1. The number of anilines is 3. The molecule has 3 aromatic carbocycles. The van der Waals surface area contributed by atoms with Crippen LogP contribution < -0.4 is 14.7 Å². The van der Waals surface area contributed by atoms with E-state index in [1.165, 1.54) is 30.0 Å². The van der Waals surface area contributed by atoms with E-state index in [0.29, 0.717) is 22.4 Å². The van der Waals surface area contributed by atoms with Gasteiger partial charge in [-0.05, 0) is 61.9 Å². The van der Waals surface area contributed by atoms with Crippen molar-refractivity contribution in [1.29, 1.82) is 0 Å². The van der Waals surface area contributed by atoms with E-state index in [9.17, 15) is 44.5 Å². The average molecular weight is 680 g/mol. The van der Waals surface area contributed by atoms with Crippen LogP contribution in [-0.4, -0.2) is 52.7 Å². The van der Waals surface area contributed by atoms with E-state index in [1.807, 2.05) is 6.08 Å². The number of nitro benzene ring substituents is 2. The number of aromatic hydroxyl groups is 1. The molecule has 1 N–H and O–H groups in total. The van der Waals surface area contributed by atoms with Gasteiger partial charge in [-0.15, -0.1) is 0 Å². The van der Waals surface area contributed by atoms with E-state index in [4.69, 9.17) is 0 Å². The van der Waals surface area contributed by atoms with E-state index in [0.717, 1.165) is 17.0 Å². The first-order valence-corrected chi connectivity index (χ1v) is 16.1. The first-order chi connectivity index (χ1) is 23.7. The number of nitro groups is 2. The number of carbonyl (C=O) groups is 4. The van der Waals surface area contributed by atoms with Gasteiger partial charge < -0.3 is 10.0 Å². The number of nitrogens with zero attached hydrogens (tertiary/aromatic N) is 5. The Bertz CT molecular complexity index is 2040. The standard InChI is InChI=1S/C36H33N5O9/c1-18-14-19(10-13-28(18)42)30-22-11-12-23-29(24(22)17-25-33(44)39(35(46)36(25,30)2)20-8-6-5-7-9-20)34(45)38(32(23)43)21-15-26(40(47)48)31(37(3)4)27(16-21)41(49)50/h5-11,13-16,23-25,29-30,42H,12,17H2,1-4H3/t23-,24+,25-,29-,30-,36+/m0/s1. The number of benzene rings is 3. The highest BCUT2D eigenvalue weighted by molar-refractivity contribution is 6.25. The molecule has 2 aliphatic heterocycles. The fraction of sp³-hybridized carbons (Fsp3) is 0.333. The Hall–Kier alpha value is -5.92. The van der Waals surface area contributed by atoms with Gasteiger partial charge in [0, 0.05) is 32.1 Å². The molecular formula is C36H33N5O9. The molecule has 4 aliphatic rings. The Morgan fingerprint density at radius 3 is 2.06 bits per heavy atom. The van der Waals surface area contributed by atoms with Gasteiger partial charge in [0.05, 0.1) is 44.4 Å². The van der Waals surface area contributed by atoms with Crippen LogP contribution >= 0.6 is 0 Å². The lowest BCUT2D eigenvalue weighted by atomic mass is 9.51. The summed E-state index contributed by atoms with van der Waals surface area (Å²) in [6.45, 7) is 3.48. The van der Waals surface area contributed by atoms with Crippen LogP contribution in [0.1, 0.15) is 36.8 Å². The summed E-state index contributed by atoms with van der Waals surface area (Å²) in [6, 6.07) is 15.6. The molecule has 6 atom stereocenters. The fourth-order valence-corrected chi connectivity index (χ4v) is 8.79. The number of imide groups is 2. The van der Waals surface area contributed by atoms with Crippen molar-refractivity contribution in [3.63, 3.8) is 0 Å². The molecule has 0 spiro atoms. The van der Waals surface area contributed by atoms with E-state index >= 15 is 0 Å². The predicted molar refractivity (Wildman–Crippen MR) is 180 cm³/mol. The topological polar surface area (TPSA) is 185 Å². The number of fused-ring (bicyclic) bond motifs is 4. The summed E-state index contributed by atoms with van der Waals surface area (Å²) in [7, 11) is 2.83. The minimum absolute atomic E-state index is 0.0518. The summed E-state index contributed by atoms with van der Waals surface area (Å²) < 4.78 is 0. The normalized spacial score (nSPS) is 27.1. The molecule has 7 rings (SSSR count). The molecule has 2 heterocycles. The summed E-state index contributed by atoms with van der Waals surface area (Å²) in [6.07, 6.45) is 2.05. The number of amides is 4. The number of para-hydroxylation sites is 1. The molecule has 50 heavy (non-hydrogen) atoms. The maximum atomic E-state index is 14.5. The SMILES string of the molecule is Cc1cc([C@H]2C3=CC[C@@H]4C(=O)N(c5cc([N+](=O)[O-])c(N(C)C)c([N+](=O)[O-])c5)C(=O)[C@@H]4[C@@H]3C[C@H]3C(=O)N(c4ccccc4)C(=O)[C@@]23C)ccc1O. The largest absolute Gasteiger partial charge is 0.508 e. The monoisotopic (exact) mass is 679 g/mol. The van der Waals surface area contributed by atoms with Gasteiger partial charge in [-0.25, -0.2) is 9.80 Å². The molecule has 3 aromatic rings. The summed E-state index contributed by atoms with van der Waals surface area (Å²) in [4.78, 5) is 83.1. The number of phenolic OH excluding ortho intramolecular Hbond substituents is 1. The van der Waals surface area contributed by atoms with Gasteiger partial charge in [-0.3, -0.25) is 39.4 Å². The third-order valence-electron chi connectivity index (χ3n) is 11.0. The number of allylic oxidation sites excluding steroid dienone is 2. The second-order valence-electron chi connectivity index (χ2n) is 13.8. The quantitative estimate of drug-likeness (QED) is 0.161. The predicted octanol–water partition coefficient (Wildman–Crippen LogP) is 5.02. The molecule has 0 bridgehead atoms. The zero-order valence-electron chi connectivity index (χ0n) is 27.6. The maximum Gasteiger partial charge on any atom is 0.301 e. The zero-order valence-corrected chi connectivity index (χ0v) is 27.6. The lowest BCUT2D eigenvalue weighted by Gasteiger charge is -2.49. The minimum Gasteiger partial charge on any atom is -0.508 e. The molecule has 3 fully saturated rings. The smallest absolute Gasteiger partial charge is 0.301 e. The van der Waals surface area contributed by atoms with Gasteiger partial charge in [0.1, 0.15) is 5.75 Å². The fourth-order valence-electron chi connectivity index (χ4n) is 8.79. The number of carbonyl (C=O) groups excluding carboxylic acids is 4. The Morgan fingerprint density at radius 2 is 1.48 bits per heavy atom. The first kappa shape index (κ1) is 32.6. The summed E-state index contributed by atoms with van der Waals surface area (Å²) in [5, 5.41) is 34.5.